The van der Waals surface area contributed by atoms with Crippen LogP contribution in [-0.2, 0) is 4.74 Å². The van der Waals surface area contributed by atoms with Crippen molar-refractivity contribution in [2.45, 2.75) is 12.8 Å². The number of rotatable bonds is 3. The van der Waals surface area contributed by atoms with Gasteiger partial charge in [0.1, 0.15) is 5.69 Å². The lowest BCUT2D eigenvalue weighted by atomic mass is 9.95. The molecule has 0 bridgehead atoms. The highest BCUT2D eigenvalue weighted by Gasteiger charge is 2.25. The van der Waals surface area contributed by atoms with Crippen molar-refractivity contribution < 1.29 is 9.53 Å². The first kappa shape index (κ1) is 12.1. The van der Waals surface area contributed by atoms with Crippen LogP contribution in [0.1, 0.15) is 23.3 Å². The first-order valence-electron chi connectivity index (χ1n) is 6.57. The van der Waals surface area contributed by atoms with Crippen LogP contribution in [0, 0.1) is 5.92 Å². The molecule has 1 unspecified atom stereocenters. The van der Waals surface area contributed by atoms with E-state index in [-0.39, 0.29) is 11.7 Å². The molecule has 1 aromatic carbocycles. The van der Waals surface area contributed by atoms with E-state index in [1.54, 1.807) is 16.9 Å². The number of benzene rings is 1. The van der Waals surface area contributed by atoms with E-state index in [4.69, 9.17) is 4.74 Å². The van der Waals surface area contributed by atoms with Crippen LogP contribution in [0.3, 0.4) is 0 Å². The van der Waals surface area contributed by atoms with Crippen LogP contribution in [0.25, 0.3) is 5.69 Å². The van der Waals surface area contributed by atoms with E-state index in [1.807, 2.05) is 30.3 Å². The Hall–Kier alpha value is -1.94. The van der Waals surface area contributed by atoms with Crippen molar-refractivity contribution in [3.05, 3.63) is 48.3 Å². The number of para-hydroxylation sites is 1. The molecule has 3 rings (SSSR count). The Morgan fingerprint density at radius 2 is 2.11 bits per heavy atom. The molecule has 0 saturated carbocycles. The van der Waals surface area contributed by atoms with Gasteiger partial charge < -0.3 is 4.74 Å². The van der Waals surface area contributed by atoms with Gasteiger partial charge in [-0.05, 0) is 31.0 Å². The summed E-state index contributed by atoms with van der Waals surface area (Å²) in [7, 11) is 0. The topological polar surface area (TPSA) is 44.1 Å². The number of aromatic nitrogens is 2. The van der Waals surface area contributed by atoms with E-state index in [1.165, 1.54) is 0 Å². The lowest BCUT2D eigenvalue weighted by Gasteiger charge is -2.21. The zero-order chi connectivity index (χ0) is 13.1. The zero-order valence-electron chi connectivity index (χ0n) is 10.7. The summed E-state index contributed by atoms with van der Waals surface area (Å²) in [5.74, 6) is 0.0916. The van der Waals surface area contributed by atoms with Crippen molar-refractivity contribution in [2.75, 3.05) is 13.2 Å². The minimum Gasteiger partial charge on any atom is -0.381 e. The summed E-state index contributed by atoms with van der Waals surface area (Å²) in [6.45, 7) is 1.29. The number of ketones is 1. The van der Waals surface area contributed by atoms with Crippen LogP contribution in [0.5, 0.6) is 0 Å². The van der Waals surface area contributed by atoms with E-state index >= 15 is 0 Å². The molecule has 98 valence electrons. The van der Waals surface area contributed by atoms with E-state index in [9.17, 15) is 4.79 Å². The van der Waals surface area contributed by atoms with Gasteiger partial charge >= 0.3 is 0 Å². The Kier molecular flexibility index (Phi) is 3.42. The fraction of sp³-hybridized carbons (Fsp3) is 0.333. The molecule has 1 fully saturated rings. The van der Waals surface area contributed by atoms with Gasteiger partial charge in [0.2, 0.25) is 0 Å². The molecule has 2 heterocycles. The first-order chi connectivity index (χ1) is 9.36. The van der Waals surface area contributed by atoms with Gasteiger partial charge in [0.25, 0.3) is 0 Å². The number of Topliss-reactive ketones (excluding diaryl/α,β-unsaturated/α-hetero) is 1. The standard InChI is InChI=1S/C15H16N2O2/c18-15(12-5-4-10-19-11-12)14-8-9-16-17(14)13-6-2-1-3-7-13/h1-3,6-9,12H,4-5,10-11H2. The van der Waals surface area contributed by atoms with Crippen molar-refractivity contribution in [3.63, 3.8) is 0 Å². The fourth-order valence-electron chi connectivity index (χ4n) is 2.42. The summed E-state index contributed by atoms with van der Waals surface area (Å²) in [4.78, 5) is 12.5. The number of carbonyl (C=O) groups is 1. The third kappa shape index (κ3) is 2.44. The first-order valence-corrected chi connectivity index (χ1v) is 6.57. The maximum atomic E-state index is 12.5. The van der Waals surface area contributed by atoms with Crippen LogP contribution in [0.15, 0.2) is 42.6 Å². The number of hydrogen-bond acceptors (Lipinski definition) is 3. The van der Waals surface area contributed by atoms with Gasteiger partial charge in [0.05, 0.1) is 18.5 Å². The van der Waals surface area contributed by atoms with Gasteiger partial charge in [0, 0.05) is 12.5 Å². The van der Waals surface area contributed by atoms with E-state index in [2.05, 4.69) is 5.10 Å². The smallest absolute Gasteiger partial charge is 0.186 e. The molecule has 4 nitrogen and oxygen atoms in total. The fourth-order valence-corrected chi connectivity index (χ4v) is 2.42. The van der Waals surface area contributed by atoms with Crippen LogP contribution in [-0.4, -0.2) is 28.8 Å². The quantitative estimate of drug-likeness (QED) is 0.792. The molecule has 1 atom stereocenters. The summed E-state index contributed by atoms with van der Waals surface area (Å²) in [5.41, 5.74) is 1.55. The number of carbonyl (C=O) groups excluding carboxylic acids is 1. The highest BCUT2D eigenvalue weighted by molar-refractivity contribution is 5.97. The van der Waals surface area contributed by atoms with Crippen molar-refractivity contribution in [3.8, 4) is 5.69 Å². The maximum Gasteiger partial charge on any atom is 0.186 e. The van der Waals surface area contributed by atoms with E-state index in [0.29, 0.717) is 12.3 Å². The van der Waals surface area contributed by atoms with Crippen molar-refractivity contribution in [2.24, 2.45) is 5.92 Å². The molecule has 0 radical (unpaired) electrons. The molecule has 0 N–H and O–H groups in total. The monoisotopic (exact) mass is 256 g/mol. The predicted molar refractivity (Wildman–Crippen MR) is 71.4 cm³/mol. The Balaban J connectivity index is 1.89. The van der Waals surface area contributed by atoms with Crippen LogP contribution in [0.4, 0.5) is 0 Å². The molecule has 1 aliphatic heterocycles. The summed E-state index contributed by atoms with van der Waals surface area (Å²) in [6.07, 6.45) is 3.53. The molecule has 0 amide bonds. The molecule has 0 spiro atoms. The SMILES string of the molecule is O=C(c1ccnn1-c1ccccc1)C1CCCOC1. The Bertz CT molecular complexity index is 557. The molecular weight excluding hydrogens is 240 g/mol. The van der Waals surface area contributed by atoms with Gasteiger partial charge in [-0.2, -0.15) is 5.10 Å². The summed E-state index contributed by atoms with van der Waals surface area (Å²) in [5, 5.41) is 4.26. The van der Waals surface area contributed by atoms with Crippen molar-refractivity contribution in [1.82, 2.24) is 9.78 Å². The second-order valence-electron chi connectivity index (χ2n) is 4.74. The second kappa shape index (κ2) is 5.36. The van der Waals surface area contributed by atoms with Gasteiger partial charge in [-0.15, -0.1) is 0 Å². The molecule has 1 aliphatic rings. The summed E-state index contributed by atoms with van der Waals surface area (Å²) >= 11 is 0. The Morgan fingerprint density at radius 3 is 2.84 bits per heavy atom. The number of nitrogens with zero attached hydrogens (tertiary/aromatic N) is 2. The molecule has 1 aromatic heterocycles. The van der Waals surface area contributed by atoms with Gasteiger partial charge in [-0.3, -0.25) is 4.79 Å². The molecule has 4 heteroatoms. The minimum atomic E-state index is -0.0343. The van der Waals surface area contributed by atoms with Crippen molar-refractivity contribution in [1.29, 1.82) is 0 Å². The van der Waals surface area contributed by atoms with Gasteiger partial charge in [-0.1, -0.05) is 18.2 Å². The van der Waals surface area contributed by atoms with Crippen LogP contribution in [0.2, 0.25) is 0 Å². The van der Waals surface area contributed by atoms with Gasteiger partial charge in [-0.25, -0.2) is 4.68 Å². The predicted octanol–water partition coefficient (Wildman–Crippen LogP) is 2.48. The number of ether oxygens (including phenoxy) is 1. The summed E-state index contributed by atoms with van der Waals surface area (Å²) in [6, 6.07) is 11.5. The zero-order valence-corrected chi connectivity index (χ0v) is 10.7. The normalized spacial score (nSPS) is 19.3. The minimum absolute atomic E-state index is 0.0343. The third-order valence-corrected chi connectivity index (χ3v) is 3.43. The second-order valence-corrected chi connectivity index (χ2v) is 4.74. The highest BCUT2D eigenvalue weighted by atomic mass is 16.5. The molecule has 0 aliphatic carbocycles. The molecular formula is C15H16N2O2. The molecule has 2 aromatic rings. The number of hydrogen-bond donors (Lipinski definition) is 0. The van der Waals surface area contributed by atoms with E-state index < -0.39 is 0 Å². The Labute approximate surface area is 112 Å². The molecule has 19 heavy (non-hydrogen) atoms. The van der Waals surface area contributed by atoms with Crippen LogP contribution < -0.4 is 0 Å². The van der Waals surface area contributed by atoms with Crippen molar-refractivity contribution >= 4 is 5.78 Å². The lowest BCUT2D eigenvalue weighted by molar-refractivity contribution is 0.0456. The largest absolute Gasteiger partial charge is 0.381 e. The maximum absolute atomic E-state index is 12.5. The third-order valence-electron chi connectivity index (χ3n) is 3.43. The lowest BCUT2D eigenvalue weighted by Crippen LogP contribution is -2.27. The summed E-state index contributed by atoms with van der Waals surface area (Å²) < 4.78 is 7.10. The van der Waals surface area contributed by atoms with Gasteiger partial charge in [0.15, 0.2) is 5.78 Å². The van der Waals surface area contributed by atoms with Crippen LogP contribution >= 0.6 is 0 Å². The average molecular weight is 256 g/mol. The average Bonchev–Trinajstić information content (AvgIpc) is 2.98. The molecule has 1 saturated heterocycles. The highest BCUT2D eigenvalue weighted by Crippen LogP contribution is 2.20. The van der Waals surface area contributed by atoms with E-state index in [0.717, 1.165) is 25.1 Å². The Morgan fingerprint density at radius 1 is 1.26 bits per heavy atom.